The van der Waals surface area contributed by atoms with Gasteiger partial charge in [-0.2, -0.15) is 0 Å². The second-order valence-electron chi connectivity index (χ2n) is 3.20. The molecule has 0 saturated heterocycles. The summed E-state index contributed by atoms with van der Waals surface area (Å²) < 4.78 is 20.1. The second kappa shape index (κ2) is 13.4. The molecular weight excluding hydrogens is 226 g/mol. The van der Waals surface area contributed by atoms with Gasteiger partial charge in [-0.3, -0.25) is 4.79 Å². The predicted molar refractivity (Wildman–Crippen MR) is 63.0 cm³/mol. The molecule has 6 nitrogen and oxygen atoms in total. The molecule has 102 valence electrons. The monoisotopic (exact) mass is 249 g/mol. The summed E-state index contributed by atoms with van der Waals surface area (Å²) in [6.07, 6.45) is 0. The molecule has 0 heterocycles. The Hall–Kier alpha value is -0.690. The van der Waals surface area contributed by atoms with Gasteiger partial charge in [0.1, 0.15) is 0 Å². The number of hydrogen-bond acceptors (Lipinski definition) is 6. The van der Waals surface area contributed by atoms with Crippen LogP contribution in [0.3, 0.4) is 0 Å². The zero-order valence-corrected chi connectivity index (χ0v) is 10.7. The van der Waals surface area contributed by atoms with Crippen LogP contribution in [0.2, 0.25) is 0 Å². The molecule has 0 fully saturated rings. The molecule has 0 unspecified atom stereocenters. The Bertz CT molecular complexity index is 177. The molecule has 0 rings (SSSR count). The first-order valence-corrected chi connectivity index (χ1v) is 5.82. The number of carbonyl (C=O) groups is 1. The third kappa shape index (κ3) is 13.2. The van der Waals surface area contributed by atoms with Crippen LogP contribution in [-0.4, -0.2) is 65.8 Å². The van der Waals surface area contributed by atoms with Crippen LogP contribution in [0.1, 0.15) is 6.92 Å². The Kier molecular flexibility index (Phi) is 12.8. The van der Waals surface area contributed by atoms with Gasteiger partial charge in [-0.1, -0.05) is 0 Å². The van der Waals surface area contributed by atoms with Crippen molar-refractivity contribution in [3.63, 3.8) is 0 Å². The molecule has 0 aromatic heterocycles. The van der Waals surface area contributed by atoms with Gasteiger partial charge in [0.05, 0.1) is 46.2 Å². The summed E-state index contributed by atoms with van der Waals surface area (Å²) in [5.41, 5.74) is 0. The summed E-state index contributed by atoms with van der Waals surface area (Å²) in [6.45, 7) is 5.87. The highest BCUT2D eigenvalue weighted by atomic mass is 16.5. The minimum absolute atomic E-state index is 0.224. The molecule has 0 radical (unpaired) electrons. The molecule has 6 heteroatoms. The number of methoxy groups -OCH3 is 1. The minimum atomic E-state index is -0.240. The summed E-state index contributed by atoms with van der Waals surface area (Å²) in [7, 11) is 1.63. The summed E-state index contributed by atoms with van der Waals surface area (Å²) in [5.74, 6) is -0.240. The maximum absolute atomic E-state index is 10.9. The Morgan fingerprint density at radius 3 is 2.35 bits per heavy atom. The van der Waals surface area contributed by atoms with Gasteiger partial charge in [-0.15, -0.1) is 0 Å². The first-order chi connectivity index (χ1) is 8.31. The molecule has 0 saturated carbocycles. The van der Waals surface area contributed by atoms with E-state index >= 15 is 0 Å². The smallest absolute Gasteiger partial charge is 0.319 e. The molecule has 0 aliphatic heterocycles. The van der Waals surface area contributed by atoms with Gasteiger partial charge in [-0.25, -0.2) is 0 Å². The van der Waals surface area contributed by atoms with Gasteiger partial charge in [0, 0.05) is 13.7 Å². The Morgan fingerprint density at radius 1 is 1.06 bits per heavy atom. The number of esters is 1. The van der Waals surface area contributed by atoms with Crippen LogP contribution >= 0.6 is 0 Å². The molecule has 0 aliphatic rings. The minimum Gasteiger partial charge on any atom is -0.465 e. The van der Waals surface area contributed by atoms with E-state index in [1.165, 1.54) is 0 Å². The zero-order chi connectivity index (χ0) is 12.8. The van der Waals surface area contributed by atoms with E-state index in [0.29, 0.717) is 46.2 Å². The Labute approximate surface area is 103 Å². The maximum atomic E-state index is 10.9. The quantitative estimate of drug-likeness (QED) is 0.382. The third-order valence-corrected chi connectivity index (χ3v) is 1.80. The van der Waals surface area contributed by atoms with Gasteiger partial charge >= 0.3 is 5.97 Å². The SMILES string of the molecule is CCOC(=O)CNCCOCCOCCOC. The fourth-order valence-electron chi connectivity index (χ4n) is 1.01. The number of carbonyl (C=O) groups excluding carboxylic acids is 1. The van der Waals surface area contributed by atoms with E-state index in [2.05, 4.69) is 5.32 Å². The summed E-state index contributed by atoms with van der Waals surface area (Å²) in [4.78, 5) is 10.9. The molecule has 0 aliphatic carbocycles. The third-order valence-electron chi connectivity index (χ3n) is 1.80. The maximum Gasteiger partial charge on any atom is 0.319 e. The number of nitrogens with one attached hydrogen (secondary N) is 1. The number of rotatable bonds is 12. The first kappa shape index (κ1) is 16.3. The summed E-state index contributed by atoms with van der Waals surface area (Å²) in [6, 6.07) is 0. The van der Waals surface area contributed by atoms with Crippen LogP contribution in [0, 0.1) is 0 Å². The normalized spacial score (nSPS) is 10.5. The zero-order valence-electron chi connectivity index (χ0n) is 10.7. The summed E-state index contributed by atoms with van der Waals surface area (Å²) >= 11 is 0. The van der Waals surface area contributed by atoms with Crippen molar-refractivity contribution in [3.8, 4) is 0 Å². The molecule has 0 aromatic rings. The van der Waals surface area contributed by atoms with Crippen LogP contribution in [0.25, 0.3) is 0 Å². The van der Waals surface area contributed by atoms with Crippen LogP contribution in [0.5, 0.6) is 0 Å². The van der Waals surface area contributed by atoms with E-state index in [-0.39, 0.29) is 12.5 Å². The average Bonchev–Trinajstić information content (AvgIpc) is 2.32. The lowest BCUT2D eigenvalue weighted by atomic mass is 10.6. The lowest BCUT2D eigenvalue weighted by Gasteiger charge is -2.06. The lowest BCUT2D eigenvalue weighted by Crippen LogP contribution is -2.28. The molecule has 0 spiro atoms. The Morgan fingerprint density at radius 2 is 1.71 bits per heavy atom. The van der Waals surface area contributed by atoms with Gasteiger partial charge in [0.25, 0.3) is 0 Å². The molecule has 0 aromatic carbocycles. The van der Waals surface area contributed by atoms with Gasteiger partial charge in [-0.05, 0) is 6.92 Å². The number of hydrogen-bond donors (Lipinski definition) is 1. The van der Waals surface area contributed by atoms with E-state index in [0.717, 1.165) is 0 Å². The topological polar surface area (TPSA) is 66.0 Å². The molecular formula is C11H23NO5. The van der Waals surface area contributed by atoms with E-state index < -0.39 is 0 Å². The van der Waals surface area contributed by atoms with Gasteiger partial charge < -0.3 is 24.3 Å². The van der Waals surface area contributed by atoms with Crippen LogP contribution in [0.15, 0.2) is 0 Å². The largest absolute Gasteiger partial charge is 0.465 e. The van der Waals surface area contributed by atoms with E-state index in [1.54, 1.807) is 14.0 Å². The average molecular weight is 249 g/mol. The van der Waals surface area contributed by atoms with E-state index in [1.807, 2.05) is 0 Å². The molecule has 0 atom stereocenters. The molecule has 17 heavy (non-hydrogen) atoms. The standard InChI is InChI=1S/C11H23NO5/c1-3-17-11(13)10-12-4-5-15-8-9-16-7-6-14-2/h12H,3-10H2,1-2H3. The molecule has 0 bridgehead atoms. The van der Waals surface area contributed by atoms with Crippen molar-refractivity contribution in [1.82, 2.24) is 5.32 Å². The predicted octanol–water partition coefficient (Wildman–Crippen LogP) is -0.181. The fourth-order valence-corrected chi connectivity index (χ4v) is 1.01. The van der Waals surface area contributed by atoms with Crippen molar-refractivity contribution >= 4 is 5.97 Å². The van der Waals surface area contributed by atoms with Crippen molar-refractivity contribution in [2.75, 3.05) is 59.8 Å². The fraction of sp³-hybridized carbons (Fsp3) is 0.909. The van der Waals surface area contributed by atoms with Crippen LogP contribution in [0.4, 0.5) is 0 Å². The highest BCUT2D eigenvalue weighted by molar-refractivity contribution is 5.71. The van der Waals surface area contributed by atoms with Gasteiger partial charge in [0.2, 0.25) is 0 Å². The van der Waals surface area contributed by atoms with Gasteiger partial charge in [0.15, 0.2) is 0 Å². The van der Waals surface area contributed by atoms with Crippen molar-refractivity contribution < 1.29 is 23.7 Å². The highest BCUT2D eigenvalue weighted by Gasteiger charge is 1.99. The van der Waals surface area contributed by atoms with Crippen molar-refractivity contribution in [2.24, 2.45) is 0 Å². The molecule has 0 amide bonds. The lowest BCUT2D eigenvalue weighted by molar-refractivity contribution is -0.142. The Balaban J connectivity index is 3.01. The van der Waals surface area contributed by atoms with E-state index in [4.69, 9.17) is 18.9 Å². The van der Waals surface area contributed by atoms with Crippen LogP contribution in [-0.2, 0) is 23.7 Å². The van der Waals surface area contributed by atoms with E-state index in [9.17, 15) is 4.79 Å². The second-order valence-corrected chi connectivity index (χ2v) is 3.20. The number of ether oxygens (including phenoxy) is 4. The highest BCUT2D eigenvalue weighted by Crippen LogP contribution is 1.80. The van der Waals surface area contributed by atoms with Crippen molar-refractivity contribution in [3.05, 3.63) is 0 Å². The van der Waals surface area contributed by atoms with Crippen molar-refractivity contribution in [2.45, 2.75) is 6.92 Å². The van der Waals surface area contributed by atoms with Crippen molar-refractivity contribution in [1.29, 1.82) is 0 Å². The molecule has 1 N–H and O–H groups in total. The van der Waals surface area contributed by atoms with Crippen LogP contribution < -0.4 is 5.32 Å². The first-order valence-electron chi connectivity index (χ1n) is 5.82. The summed E-state index contributed by atoms with van der Waals surface area (Å²) in [5, 5.41) is 2.92.